The molecule has 1 fully saturated rings. The van der Waals surface area contributed by atoms with E-state index in [2.05, 4.69) is 10.2 Å². The lowest BCUT2D eigenvalue weighted by Crippen LogP contribution is -2.39. The molecule has 0 N–H and O–H groups in total. The Kier molecular flexibility index (Phi) is 4.43. The molecule has 1 saturated heterocycles. The molecule has 1 aromatic carbocycles. The van der Waals surface area contributed by atoms with Gasteiger partial charge < -0.3 is 18.5 Å². The quantitative estimate of drug-likeness (QED) is 0.715. The molecule has 0 saturated carbocycles. The van der Waals surface area contributed by atoms with Gasteiger partial charge >= 0.3 is 0 Å². The summed E-state index contributed by atoms with van der Waals surface area (Å²) in [5.41, 5.74) is 0.808. The first kappa shape index (κ1) is 16.4. The van der Waals surface area contributed by atoms with E-state index < -0.39 is 0 Å². The fraction of sp³-hybridized carbons (Fsp3) is 0.316. The second-order valence-corrected chi connectivity index (χ2v) is 6.25. The number of benzene rings is 1. The molecule has 3 heterocycles. The molecule has 0 aliphatic carbocycles. The van der Waals surface area contributed by atoms with Gasteiger partial charge in [0.05, 0.1) is 19.3 Å². The van der Waals surface area contributed by atoms with E-state index in [1.807, 2.05) is 24.3 Å². The molecule has 26 heavy (non-hydrogen) atoms. The van der Waals surface area contributed by atoms with Gasteiger partial charge in [0.25, 0.3) is 5.91 Å². The maximum Gasteiger partial charge on any atom is 0.289 e. The largest absolute Gasteiger partial charge is 0.497 e. The average molecular weight is 353 g/mol. The topological polar surface area (TPSA) is 81.6 Å². The predicted octanol–water partition coefficient (Wildman–Crippen LogP) is 3.36. The van der Waals surface area contributed by atoms with Crippen LogP contribution in [0.15, 0.2) is 51.5 Å². The van der Waals surface area contributed by atoms with Crippen molar-refractivity contribution in [1.82, 2.24) is 15.1 Å². The van der Waals surface area contributed by atoms with Crippen molar-refractivity contribution in [3.8, 4) is 17.2 Å². The predicted molar refractivity (Wildman–Crippen MR) is 92.9 cm³/mol. The summed E-state index contributed by atoms with van der Waals surface area (Å²) in [5, 5.41) is 8.37. The molecule has 1 aliphatic rings. The van der Waals surface area contributed by atoms with Gasteiger partial charge in [-0.15, -0.1) is 10.2 Å². The number of aromatic nitrogens is 2. The number of likely N-dealkylation sites (tertiary alicyclic amines) is 1. The van der Waals surface area contributed by atoms with Gasteiger partial charge in [-0.3, -0.25) is 4.79 Å². The Morgan fingerprint density at radius 1 is 1.27 bits per heavy atom. The molecule has 134 valence electrons. The maximum atomic E-state index is 12.5. The van der Waals surface area contributed by atoms with Gasteiger partial charge in [-0.05, 0) is 43.2 Å². The van der Waals surface area contributed by atoms with E-state index in [1.165, 1.54) is 6.26 Å². The van der Waals surface area contributed by atoms with Gasteiger partial charge in [-0.25, -0.2) is 0 Å². The van der Waals surface area contributed by atoms with Crippen molar-refractivity contribution < 1.29 is 18.4 Å². The van der Waals surface area contributed by atoms with Crippen LogP contribution in [0.1, 0.15) is 35.2 Å². The Morgan fingerprint density at radius 2 is 2.19 bits per heavy atom. The molecule has 2 aromatic heterocycles. The summed E-state index contributed by atoms with van der Waals surface area (Å²) in [7, 11) is 1.62. The lowest BCUT2D eigenvalue weighted by atomic mass is 9.98. The third-order valence-corrected chi connectivity index (χ3v) is 4.55. The van der Waals surface area contributed by atoms with Crippen LogP contribution in [0.3, 0.4) is 0 Å². The standard InChI is InChI=1S/C19H19N3O4/c1-24-15-7-2-5-13(11-15)17-20-21-18(26-17)14-6-3-9-22(12-14)19(23)16-8-4-10-25-16/h2,4-5,7-8,10-11,14H,3,6,9,12H2,1H3/t14-/m1/s1. The number of rotatable bonds is 4. The molecule has 0 bridgehead atoms. The minimum absolute atomic E-state index is 0.0227. The van der Waals surface area contributed by atoms with E-state index in [0.717, 1.165) is 24.2 Å². The Bertz CT molecular complexity index is 888. The Balaban J connectivity index is 1.51. The summed E-state index contributed by atoms with van der Waals surface area (Å²) in [6, 6.07) is 10.9. The first-order valence-corrected chi connectivity index (χ1v) is 8.55. The molecule has 4 rings (SSSR count). The number of amides is 1. The Hall–Kier alpha value is -3.09. The van der Waals surface area contributed by atoms with Crippen molar-refractivity contribution in [3.05, 3.63) is 54.3 Å². The van der Waals surface area contributed by atoms with E-state index in [-0.39, 0.29) is 11.8 Å². The number of carbonyl (C=O) groups is 1. The number of hydrogen-bond acceptors (Lipinski definition) is 6. The van der Waals surface area contributed by atoms with Gasteiger partial charge in [-0.1, -0.05) is 6.07 Å². The molecule has 0 unspecified atom stereocenters. The Morgan fingerprint density at radius 3 is 3.00 bits per heavy atom. The van der Waals surface area contributed by atoms with E-state index in [9.17, 15) is 4.79 Å². The average Bonchev–Trinajstić information content (AvgIpc) is 3.39. The van der Waals surface area contributed by atoms with Crippen molar-refractivity contribution in [1.29, 1.82) is 0 Å². The summed E-state index contributed by atoms with van der Waals surface area (Å²) in [6.45, 7) is 1.24. The Labute approximate surface area is 150 Å². The van der Waals surface area contributed by atoms with Crippen LogP contribution in [0, 0.1) is 0 Å². The zero-order valence-electron chi connectivity index (χ0n) is 14.4. The fourth-order valence-electron chi connectivity index (χ4n) is 3.19. The molecule has 3 aromatic rings. The number of nitrogens with zero attached hydrogens (tertiary/aromatic N) is 3. The van der Waals surface area contributed by atoms with Crippen LogP contribution in [0.2, 0.25) is 0 Å². The SMILES string of the molecule is COc1cccc(-c2nnc([C@@H]3CCCN(C(=O)c4ccco4)C3)o2)c1. The molecule has 0 spiro atoms. The lowest BCUT2D eigenvalue weighted by molar-refractivity contribution is 0.0666. The molecule has 1 aliphatic heterocycles. The number of hydrogen-bond donors (Lipinski definition) is 0. The summed E-state index contributed by atoms with van der Waals surface area (Å²) in [6.07, 6.45) is 3.29. The minimum Gasteiger partial charge on any atom is -0.497 e. The zero-order chi connectivity index (χ0) is 17.9. The van der Waals surface area contributed by atoms with Crippen molar-refractivity contribution in [2.24, 2.45) is 0 Å². The number of carbonyl (C=O) groups excluding carboxylic acids is 1. The van der Waals surface area contributed by atoms with Crippen LogP contribution >= 0.6 is 0 Å². The molecule has 1 amide bonds. The van der Waals surface area contributed by atoms with Gasteiger partial charge in [0.2, 0.25) is 11.8 Å². The fourth-order valence-corrected chi connectivity index (χ4v) is 3.19. The third-order valence-electron chi connectivity index (χ3n) is 4.55. The van der Waals surface area contributed by atoms with Gasteiger partial charge in [0.1, 0.15) is 5.75 Å². The van der Waals surface area contributed by atoms with E-state index in [4.69, 9.17) is 13.6 Å². The van der Waals surface area contributed by atoms with Gasteiger partial charge in [0.15, 0.2) is 5.76 Å². The van der Waals surface area contributed by atoms with Crippen molar-refractivity contribution in [3.63, 3.8) is 0 Å². The molecule has 0 radical (unpaired) electrons. The number of ether oxygens (including phenoxy) is 1. The van der Waals surface area contributed by atoms with Gasteiger partial charge in [0, 0.05) is 18.7 Å². The number of methoxy groups -OCH3 is 1. The first-order chi connectivity index (χ1) is 12.7. The lowest BCUT2D eigenvalue weighted by Gasteiger charge is -2.30. The van der Waals surface area contributed by atoms with E-state index in [1.54, 1.807) is 24.1 Å². The van der Waals surface area contributed by atoms with Gasteiger partial charge in [-0.2, -0.15) is 0 Å². The highest BCUT2D eigenvalue weighted by molar-refractivity contribution is 5.91. The van der Waals surface area contributed by atoms with Crippen molar-refractivity contribution in [2.75, 3.05) is 20.2 Å². The second-order valence-electron chi connectivity index (χ2n) is 6.25. The van der Waals surface area contributed by atoms with Crippen LogP contribution in [0.5, 0.6) is 5.75 Å². The molecule has 7 nitrogen and oxygen atoms in total. The van der Waals surface area contributed by atoms with E-state index >= 15 is 0 Å². The normalized spacial score (nSPS) is 17.3. The first-order valence-electron chi connectivity index (χ1n) is 8.55. The second kappa shape index (κ2) is 7.03. The van der Waals surface area contributed by atoms with Crippen LogP contribution in [-0.4, -0.2) is 41.2 Å². The zero-order valence-corrected chi connectivity index (χ0v) is 14.4. The van der Waals surface area contributed by atoms with Crippen LogP contribution in [0.25, 0.3) is 11.5 Å². The van der Waals surface area contributed by atoms with Crippen LogP contribution < -0.4 is 4.74 Å². The summed E-state index contributed by atoms with van der Waals surface area (Å²) >= 11 is 0. The van der Waals surface area contributed by atoms with Crippen molar-refractivity contribution >= 4 is 5.91 Å². The molecular formula is C19H19N3O4. The number of furan rings is 1. The highest BCUT2D eigenvalue weighted by Gasteiger charge is 2.30. The summed E-state index contributed by atoms with van der Waals surface area (Å²) in [4.78, 5) is 14.3. The summed E-state index contributed by atoms with van der Waals surface area (Å²) in [5.74, 6) is 2.01. The molecule has 1 atom stereocenters. The van der Waals surface area contributed by atoms with Crippen LogP contribution in [-0.2, 0) is 0 Å². The summed E-state index contributed by atoms with van der Waals surface area (Å²) < 4.78 is 16.3. The molecule has 7 heteroatoms. The van der Waals surface area contributed by atoms with Crippen LogP contribution in [0.4, 0.5) is 0 Å². The monoisotopic (exact) mass is 353 g/mol. The third kappa shape index (κ3) is 3.20. The highest BCUT2D eigenvalue weighted by Crippen LogP contribution is 2.30. The maximum absolute atomic E-state index is 12.5. The smallest absolute Gasteiger partial charge is 0.289 e. The number of piperidine rings is 1. The minimum atomic E-state index is -0.104. The highest BCUT2D eigenvalue weighted by atomic mass is 16.5. The van der Waals surface area contributed by atoms with E-state index in [0.29, 0.717) is 30.6 Å². The van der Waals surface area contributed by atoms with Crippen molar-refractivity contribution in [2.45, 2.75) is 18.8 Å². The molecular weight excluding hydrogens is 334 g/mol.